The molecule has 1 amide bonds. The molecule has 0 bridgehead atoms. The number of amides is 1. The molecule has 1 heterocycles. The summed E-state index contributed by atoms with van der Waals surface area (Å²) in [5.74, 6) is 0.228. The fourth-order valence-corrected chi connectivity index (χ4v) is 0.878. The first-order valence-corrected chi connectivity index (χ1v) is 4.89. The third-order valence-corrected chi connectivity index (χ3v) is 1.90. The highest BCUT2D eigenvalue weighted by Gasteiger charge is 2.05. The molecule has 15 heavy (non-hydrogen) atoms. The van der Waals surface area contributed by atoms with E-state index in [1.807, 2.05) is 13.8 Å². The average Bonchev–Trinajstić information content (AvgIpc) is 2.27. The zero-order valence-corrected chi connectivity index (χ0v) is 8.93. The quantitative estimate of drug-likeness (QED) is 0.792. The van der Waals surface area contributed by atoms with Crippen molar-refractivity contribution in [3.8, 4) is 0 Å². The van der Waals surface area contributed by atoms with Crippen molar-refractivity contribution in [2.45, 2.75) is 26.4 Å². The van der Waals surface area contributed by atoms with Gasteiger partial charge in [-0.2, -0.15) is 0 Å². The molecule has 1 N–H and O–H groups in total. The van der Waals surface area contributed by atoms with Crippen LogP contribution in [0.2, 0.25) is 0 Å². The van der Waals surface area contributed by atoms with Crippen LogP contribution in [0.4, 0.5) is 5.82 Å². The number of rotatable bonds is 5. The van der Waals surface area contributed by atoms with Gasteiger partial charge in [-0.15, -0.1) is 0 Å². The van der Waals surface area contributed by atoms with Gasteiger partial charge in [-0.05, 0) is 13.3 Å². The number of ether oxygens (including phenoxy) is 1. The molecule has 5 heteroatoms. The first kappa shape index (κ1) is 11.6. The van der Waals surface area contributed by atoms with Crippen LogP contribution >= 0.6 is 0 Å². The molecule has 0 aliphatic heterocycles. The Labute approximate surface area is 88.9 Å². The van der Waals surface area contributed by atoms with Crippen LogP contribution in [0.15, 0.2) is 18.6 Å². The molecule has 0 unspecified atom stereocenters. The zero-order valence-electron chi connectivity index (χ0n) is 8.93. The number of anilines is 1. The second-order valence-corrected chi connectivity index (χ2v) is 3.17. The van der Waals surface area contributed by atoms with Crippen molar-refractivity contribution < 1.29 is 9.53 Å². The molecule has 1 aromatic rings. The van der Waals surface area contributed by atoms with Gasteiger partial charge in [0.2, 0.25) is 0 Å². The van der Waals surface area contributed by atoms with Crippen LogP contribution in [0, 0.1) is 0 Å². The number of aromatic nitrogens is 2. The summed E-state index contributed by atoms with van der Waals surface area (Å²) in [7, 11) is 0. The Kier molecular flexibility index (Phi) is 4.70. The van der Waals surface area contributed by atoms with Gasteiger partial charge in [-0.3, -0.25) is 9.78 Å². The minimum atomic E-state index is -0.212. The number of nitrogens with zero attached hydrogens (tertiary/aromatic N) is 2. The predicted octanol–water partition coefficient (Wildman–Crippen LogP) is 1.23. The van der Waals surface area contributed by atoms with Gasteiger partial charge in [0.1, 0.15) is 6.61 Å². The number of hydrogen-bond donors (Lipinski definition) is 1. The second-order valence-electron chi connectivity index (χ2n) is 3.17. The number of nitrogens with one attached hydrogen (secondary N) is 1. The summed E-state index contributed by atoms with van der Waals surface area (Å²) in [6.45, 7) is 3.98. The molecule has 0 aromatic carbocycles. The summed E-state index contributed by atoms with van der Waals surface area (Å²) >= 11 is 0. The van der Waals surface area contributed by atoms with Crippen molar-refractivity contribution in [2.24, 2.45) is 0 Å². The van der Waals surface area contributed by atoms with E-state index in [1.54, 1.807) is 6.20 Å². The highest BCUT2D eigenvalue weighted by molar-refractivity contribution is 5.90. The van der Waals surface area contributed by atoms with Gasteiger partial charge in [0.05, 0.1) is 12.3 Å². The van der Waals surface area contributed by atoms with Crippen molar-refractivity contribution >= 4 is 11.7 Å². The van der Waals surface area contributed by atoms with E-state index in [4.69, 9.17) is 4.74 Å². The normalized spacial score (nSPS) is 12.1. The maximum absolute atomic E-state index is 11.3. The highest BCUT2D eigenvalue weighted by atomic mass is 16.5. The average molecular weight is 209 g/mol. The van der Waals surface area contributed by atoms with Crippen LogP contribution < -0.4 is 5.32 Å². The van der Waals surface area contributed by atoms with Gasteiger partial charge in [0.15, 0.2) is 5.82 Å². The van der Waals surface area contributed by atoms with E-state index in [2.05, 4.69) is 15.3 Å². The lowest BCUT2D eigenvalue weighted by molar-refractivity contribution is -0.122. The summed E-state index contributed by atoms with van der Waals surface area (Å²) in [5.41, 5.74) is 0. The van der Waals surface area contributed by atoms with Crippen LogP contribution in [0.3, 0.4) is 0 Å². The van der Waals surface area contributed by atoms with Gasteiger partial charge < -0.3 is 10.1 Å². The first-order chi connectivity index (χ1) is 7.22. The topological polar surface area (TPSA) is 64.1 Å². The number of carbonyl (C=O) groups is 1. The monoisotopic (exact) mass is 209 g/mol. The lowest BCUT2D eigenvalue weighted by Crippen LogP contribution is -2.22. The van der Waals surface area contributed by atoms with Crippen LogP contribution in [0.5, 0.6) is 0 Å². The lowest BCUT2D eigenvalue weighted by atomic mass is 10.3. The molecule has 1 aromatic heterocycles. The molecule has 0 spiro atoms. The fraction of sp³-hybridized carbons (Fsp3) is 0.500. The van der Waals surface area contributed by atoms with E-state index in [-0.39, 0.29) is 18.6 Å². The van der Waals surface area contributed by atoms with E-state index >= 15 is 0 Å². The molecule has 0 aliphatic carbocycles. The van der Waals surface area contributed by atoms with Gasteiger partial charge in [-0.25, -0.2) is 4.98 Å². The molecule has 0 fully saturated rings. The van der Waals surface area contributed by atoms with Crippen molar-refractivity contribution in [1.29, 1.82) is 0 Å². The predicted molar refractivity (Wildman–Crippen MR) is 56.4 cm³/mol. The Morgan fingerprint density at radius 1 is 1.60 bits per heavy atom. The summed E-state index contributed by atoms with van der Waals surface area (Å²) in [4.78, 5) is 19.1. The van der Waals surface area contributed by atoms with Crippen LogP contribution in [-0.2, 0) is 9.53 Å². The van der Waals surface area contributed by atoms with Gasteiger partial charge in [0, 0.05) is 12.4 Å². The molecule has 0 aliphatic rings. The molecular weight excluding hydrogens is 194 g/mol. The zero-order chi connectivity index (χ0) is 11.1. The molecule has 5 nitrogen and oxygen atoms in total. The smallest absolute Gasteiger partial charge is 0.251 e. The van der Waals surface area contributed by atoms with E-state index in [1.165, 1.54) is 12.4 Å². The van der Waals surface area contributed by atoms with E-state index in [0.29, 0.717) is 5.82 Å². The van der Waals surface area contributed by atoms with Gasteiger partial charge in [-0.1, -0.05) is 6.92 Å². The molecule has 0 saturated heterocycles. The van der Waals surface area contributed by atoms with E-state index in [9.17, 15) is 4.79 Å². The standard InChI is InChI=1S/C10H15N3O2/c1-3-8(2)15-7-10(14)13-9-6-11-4-5-12-9/h4-6,8H,3,7H2,1-2H3,(H,12,13,14)/t8-/m0/s1. The Morgan fingerprint density at radius 3 is 3.00 bits per heavy atom. The van der Waals surface area contributed by atoms with E-state index < -0.39 is 0 Å². The van der Waals surface area contributed by atoms with Gasteiger partial charge in [0.25, 0.3) is 5.91 Å². The largest absolute Gasteiger partial charge is 0.369 e. The van der Waals surface area contributed by atoms with Crippen molar-refractivity contribution in [2.75, 3.05) is 11.9 Å². The Morgan fingerprint density at radius 2 is 2.40 bits per heavy atom. The van der Waals surface area contributed by atoms with Crippen molar-refractivity contribution in [3.63, 3.8) is 0 Å². The maximum Gasteiger partial charge on any atom is 0.251 e. The summed E-state index contributed by atoms with van der Waals surface area (Å²) < 4.78 is 5.26. The Balaban J connectivity index is 2.31. The minimum Gasteiger partial charge on any atom is -0.369 e. The molecule has 0 saturated carbocycles. The SMILES string of the molecule is CC[C@H](C)OCC(=O)Nc1cnccn1. The number of hydrogen-bond acceptors (Lipinski definition) is 4. The molecule has 1 rings (SSSR count). The summed E-state index contributed by atoms with van der Waals surface area (Å²) in [6, 6.07) is 0. The van der Waals surface area contributed by atoms with Crippen LogP contribution in [-0.4, -0.2) is 28.6 Å². The third kappa shape index (κ3) is 4.51. The summed E-state index contributed by atoms with van der Waals surface area (Å²) in [6.07, 6.45) is 5.54. The molecule has 0 radical (unpaired) electrons. The first-order valence-electron chi connectivity index (χ1n) is 4.89. The molecule has 82 valence electrons. The Hall–Kier alpha value is -1.49. The molecular formula is C10H15N3O2. The van der Waals surface area contributed by atoms with Crippen LogP contribution in [0.25, 0.3) is 0 Å². The van der Waals surface area contributed by atoms with Gasteiger partial charge >= 0.3 is 0 Å². The van der Waals surface area contributed by atoms with Crippen LogP contribution in [0.1, 0.15) is 20.3 Å². The van der Waals surface area contributed by atoms with Crippen molar-refractivity contribution in [1.82, 2.24) is 9.97 Å². The molecule has 1 atom stereocenters. The van der Waals surface area contributed by atoms with E-state index in [0.717, 1.165) is 6.42 Å². The Bertz CT molecular complexity index is 303. The summed E-state index contributed by atoms with van der Waals surface area (Å²) in [5, 5.41) is 2.58. The fourth-order valence-electron chi connectivity index (χ4n) is 0.878. The van der Waals surface area contributed by atoms with Crippen molar-refractivity contribution in [3.05, 3.63) is 18.6 Å². The minimum absolute atomic E-state index is 0.0472. The lowest BCUT2D eigenvalue weighted by Gasteiger charge is -2.09. The maximum atomic E-state index is 11.3. The second kappa shape index (κ2) is 6.08. The number of carbonyl (C=O) groups excluding carboxylic acids is 1. The highest BCUT2D eigenvalue weighted by Crippen LogP contribution is 1.99. The third-order valence-electron chi connectivity index (χ3n) is 1.90.